The Bertz CT molecular complexity index is 929. The zero-order valence-electron chi connectivity index (χ0n) is 15.3. The van der Waals surface area contributed by atoms with Crippen molar-refractivity contribution in [2.24, 2.45) is 0 Å². The number of carbonyl (C=O) groups excluding carboxylic acids is 1. The lowest BCUT2D eigenvalue weighted by Crippen LogP contribution is -2.08. The molecule has 0 saturated heterocycles. The summed E-state index contributed by atoms with van der Waals surface area (Å²) in [5.41, 5.74) is 0.497. The Kier molecular flexibility index (Phi) is 6.10. The van der Waals surface area contributed by atoms with E-state index >= 15 is 0 Å². The normalized spacial score (nSPS) is 10.4. The van der Waals surface area contributed by atoms with Gasteiger partial charge in [-0.2, -0.15) is 0 Å². The van der Waals surface area contributed by atoms with Crippen molar-refractivity contribution < 1.29 is 19.0 Å². The third kappa shape index (κ3) is 4.88. The molecule has 4 heteroatoms. The highest BCUT2D eigenvalue weighted by Crippen LogP contribution is 2.24. The summed E-state index contributed by atoms with van der Waals surface area (Å²) in [5, 5.41) is 1.95. The van der Waals surface area contributed by atoms with Gasteiger partial charge in [0.1, 0.15) is 17.2 Å². The van der Waals surface area contributed by atoms with Crippen LogP contribution in [-0.4, -0.2) is 19.2 Å². The van der Waals surface area contributed by atoms with Crippen LogP contribution in [0.25, 0.3) is 10.8 Å². The van der Waals surface area contributed by atoms with E-state index in [1.165, 1.54) is 0 Å². The number of ether oxygens (including phenoxy) is 3. The van der Waals surface area contributed by atoms with E-state index in [0.717, 1.165) is 28.7 Å². The largest absolute Gasteiger partial charge is 0.494 e. The SMILES string of the molecule is C=CCCOc1ccc2cc(C(=O)Oc3ccc(OCC)cc3)ccc2c1. The van der Waals surface area contributed by atoms with E-state index in [2.05, 4.69) is 6.58 Å². The van der Waals surface area contributed by atoms with Crippen molar-refractivity contribution in [2.75, 3.05) is 13.2 Å². The molecule has 138 valence electrons. The van der Waals surface area contributed by atoms with Crippen molar-refractivity contribution >= 4 is 16.7 Å². The summed E-state index contributed by atoms with van der Waals surface area (Å²) >= 11 is 0. The number of benzene rings is 3. The molecule has 0 aliphatic heterocycles. The van der Waals surface area contributed by atoms with Crippen molar-refractivity contribution in [1.82, 2.24) is 0 Å². The van der Waals surface area contributed by atoms with E-state index in [4.69, 9.17) is 14.2 Å². The van der Waals surface area contributed by atoms with E-state index in [1.807, 2.05) is 43.3 Å². The Balaban J connectivity index is 1.71. The van der Waals surface area contributed by atoms with Crippen LogP contribution in [0.4, 0.5) is 0 Å². The van der Waals surface area contributed by atoms with Gasteiger partial charge >= 0.3 is 5.97 Å². The first-order valence-electron chi connectivity index (χ1n) is 8.92. The third-order valence-corrected chi connectivity index (χ3v) is 3.98. The number of rotatable bonds is 8. The number of hydrogen-bond acceptors (Lipinski definition) is 4. The Morgan fingerprint density at radius 1 is 0.889 bits per heavy atom. The van der Waals surface area contributed by atoms with Gasteiger partial charge in [-0.05, 0) is 72.6 Å². The average Bonchev–Trinajstić information content (AvgIpc) is 2.69. The van der Waals surface area contributed by atoms with E-state index in [1.54, 1.807) is 30.3 Å². The summed E-state index contributed by atoms with van der Waals surface area (Å²) in [4.78, 5) is 12.4. The Morgan fingerprint density at radius 3 is 2.30 bits per heavy atom. The molecule has 0 heterocycles. The van der Waals surface area contributed by atoms with Crippen LogP contribution in [0.5, 0.6) is 17.2 Å². The fourth-order valence-corrected chi connectivity index (χ4v) is 2.64. The first-order chi connectivity index (χ1) is 13.2. The van der Waals surface area contributed by atoms with E-state index < -0.39 is 5.97 Å². The molecule has 0 atom stereocenters. The topological polar surface area (TPSA) is 44.8 Å². The molecule has 0 unspecified atom stereocenters. The first-order valence-corrected chi connectivity index (χ1v) is 8.92. The number of carbonyl (C=O) groups is 1. The van der Waals surface area contributed by atoms with Crippen LogP contribution in [0.1, 0.15) is 23.7 Å². The van der Waals surface area contributed by atoms with E-state index in [9.17, 15) is 4.79 Å². The van der Waals surface area contributed by atoms with Crippen molar-refractivity contribution in [2.45, 2.75) is 13.3 Å². The second kappa shape index (κ2) is 8.90. The van der Waals surface area contributed by atoms with Gasteiger partial charge in [-0.3, -0.25) is 0 Å². The van der Waals surface area contributed by atoms with Gasteiger partial charge in [0.15, 0.2) is 0 Å². The zero-order valence-corrected chi connectivity index (χ0v) is 15.3. The number of fused-ring (bicyclic) bond motifs is 1. The van der Waals surface area contributed by atoms with Crippen molar-refractivity contribution in [1.29, 1.82) is 0 Å². The molecule has 0 radical (unpaired) electrons. The van der Waals surface area contributed by atoms with Gasteiger partial charge in [0, 0.05) is 0 Å². The zero-order chi connectivity index (χ0) is 19.1. The number of esters is 1. The lowest BCUT2D eigenvalue weighted by atomic mass is 10.1. The van der Waals surface area contributed by atoms with Crippen LogP contribution < -0.4 is 14.2 Å². The maximum atomic E-state index is 12.4. The second-order valence-corrected chi connectivity index (χ2v) is 5.94. The highest BCUT2D eigenvalue weighted by molar-refractivity contribution is 5.96. The molecular weight excluding hydrogens is 340 g/mol. The summed E-state index contributed by atoms with van der Waals surface area (Å²) in [5.74, 6) is 1.63. The Morgan fingerprint density at radius 2 is 1.56 bits per heavy atom. The minimum absolute atomic E-state index is 0.396. The fourth-order valence-electron chi connectivity index (χ4n) is 2.64. The lowest BCUT2D eigenvalue weighted by molar-refractivity contribution is 0.0734. The van der Waals surface area contributed by atoms with Gasteiger partial charge in [-0.25, -0.2) is 4.79 Å². The summed E-state index contributed by atoms with van der Waals surface area (Å²) in [7, 11) is 0. The standard InChI is InChI=1S/C23H22O4/c1-3-5-14-26-22-9-8-17-15-19(7-6-18(17)16-22)23(24)27-21-12-10-20(11-13-21)25-4-2/h3,6-13,15-16H,1,4-5,14H2,2H3. The smallest absolute Gasteiger partial charge is 0.343 e. The van der Waals surface area contributed by atoms with Crippen LogP contribution in [0.2, 0.25) is 0 Å². The minimum atomic E-state index is -0.396. The fraction of sp³-hybridized carbons (Fsp3) is 0.174. The van der Waals surface area contributed by atoms with Gasteiger partial charge in [0.05, 0.1) is 18.8 Å². The quantitative estimate of drug-likeness (QED) is 0.232. The van der Waals surface area contributed by atoms with E-state index in [-0.39, 0.29) is 0 Å². The molecule has 0 bridgehead atoms. The summed E-state index contributed by atoms with van der Waals surface area (Å²) in [6.45, 7) is 6.79. The molecule has 3 rings (SSSR count). The molecule has 0 aliphatic carbocycles. The molecule has 0 saturated carbocycles. The molecule has 0 amide bonds. The van der Waals surface area contributed by atoms with Crippen LogP contribution in [0.15, 0.2) is 73.3 Å². The Hall–Kier alpha value is -3.27. The molecule has 0 fully saturated rings. The second-order valence-electron chi connectivity index (χ2n) is 5.94. The predicted molar refractivity (Wildman–Crippen MR) is 107 cm³/mol. The average molecular weight is 362 g/mol. The van der Waals surface area contributed by atoms with Gasteiger partial charge in [0.2, 0.25) is 0 Å². The molecular formula is C23H22O4. The highest BCUT2D eigenvalue weighted by atomic mass is 16.5. The van der Waals surface area contributed by atoms with Gasteiger partial charge in [-0.15, -0.1) is 6.58 Å². The molecule has 0 spiro atoms. The summed E-state index contributed by atoms with van der Waals surface area (Å²) < 4.78 is 16.5. The lowest BCUT2D eigenvalue weighted by Gasteiger charge is -2.08. The highest BCUT2D eigenvalue weighted by Gasteiger charge is 2.10. The van der Waals surface area contributed by atoms with E-state index in [0.29, 0.717) is 24.5 Å². The van der Waals surface area contributed by atoms with Crippen molar-refractivity contribution in [3.63, 3.8) is 0 Å². The first kappa shape index (κ1) is 18.5. The van der Waals surface area contributed by atoms with Crippen LogP contribution in [-0.2, 0) is 0 Å². The van der Waals surface area contributed by atoms with Gasteiger partial charge in [0.25, 0.3) is 0 Å². The van der Waals surface area contributed by atoms with Crippen molar-refractivity contribution in [3.05, 3.63) is 78.9 Å². The summed E-state index contributed by atoms with van der Waals surface area (Å²) in [6, 6.07) is 18.3. The molecule has 3 aromatic carbocycles. The maximum Gasteiger partial charge on any atom is 0.343 e. The molecule has 0 N–H and O–H groups in total. The molecule has 27 heavy (non-hydrogen) atoms. The number of hydrogen-bond donors (Lipinski definition) is 0. The van der Waals surface area contributed by atoms with Crippen LogP contribution in [0, 0.1) is 0 Å². The monoisotopic (exact) mass is 362 g/mol. The molecule has 3 aromatic rings. The molecule has 0 aliphatic rings. The predicted octanol–water partition coefficient (Wildman–Crippen LogP) is 5.41. The Labute approximate surface area is 159 Å². The van der Waals surface area contributed by atoms with Crippen LogP contribution >= 0.6 is 0 Å². The summed E-state index contributed by atoms with van der Waals surface area (Å²) in [6.07, 6.45) is 2.62. The third-order valence-electron chi connectivity index (χ3n) is 3.98. The van der Waals surface area contributed by atoms with Gasteiger partial charge in [-0.1, -0.05) is 18.2 Å². The molecule has 4 nitrogen and oxygen atoms in total. The molecule has 0 aromatic heterocycles. The van der Waals surface area contributed by atoms with Crippen molar-refractivity contribution in [3.8, 4) is 17.2 Å². The maximum absolute atomic E-state index is 12.4. The van der Waals surface area contributed by atoms with Crippen LogP contribution in [0.3, 0.4) is 0 Å². The minimum Gasteiger partial charge on any atom is -0.494 e. The van der Waals surface area contributed by atoms with Gasteiger partial charge < -0.3 is 14.2 Å².